The molecule has 0 aromatic rings. The highest BCUT2D eigenvalue weighted by atomic mass is 16.6. The second-order valence-corrected chi connectivity index (χ2v) is 8.91. The molecule has 5 unspecified atom stereocenters. The summed E-state index contributed by atoms with van der Waals surface area (Å²) in [6.45, 7) is 11.9. The highest BCUT2D eigenvalue weighted by molar-refractivity contribution is 5.96. The van der Waals surface area contributed by atoms with Crippen molar-refractivity contribution in [1.82, 2.24) is 9.80 Å². The van der Waals surface area contributed by atoms with Crippen LogP contribution in [0.2, 0.25) is 0 Å². The van der Waals surface area contributed by atoms with Gasteiger partial charge in [0.25, 0.3) is 0 Å². The summed E-state index contributed by atoms with van der Waals surface area (Å²) in [7, 11) is 0. The molecule has 3 rings (SSSR count). The van der Waals surface area contributed by atoms with Crippen LogP contribution in [-0.4, -0.2) is 63.7 Å². The summed E-state index contributed by atoms with van der Waals surface area (Å²) in [5.74, 6) is -0.291. The van der Waals surface area contributed by atoms with Crippen molar-refractivity contribution in [1.29, 1.82) is 0 Å². The van der Waals surface area contributed by atoms with Gasteiger partial charge >= 0.3 is 18.0 Å². The number of likely N-dealkylation sites (tertiary alicyclic amines) is 1. The van der Waals surface area contributed by atoms with E-state index >= 15 is 0 Å². The fraction of sp³-hybridized carbons (Fsp3) is 0.737. The molecule has 2 aliphatic carbocycles. The minimum Gasteiger partial charge on any atom is -0.465 e. The SMILES string of the molecule is C=C(C)C(=O)OC(=O)CN(C(=O)O)C1C2CC3CN(C(C)(C)C)C1C3C2. The average Bonchev–Trinajstić information content (AvgIpc) is 3.10. The van der Waals surface area contributed by atoms with Gasteiger partial charge in [-0.15, -0.1) is 0 Å². The van der Waals surface area contributed by atoms with Crippen molar-refractivity contribution in [2.24, 2.45) is 17.8 Å². The van der Waals surface area contributed by atoms with E-state index < -0.39 is 24.6 Å². The molecule has 1 N–H and O–H groups in total. The molecule has 3 aliphatic rings. The first-order valence-corrected chi connectivity index (χ1v) is 9.17. The highest BCUT2D eigenvalue weighted by Gasteiger charge is 2.62. The Morgan fingerprint density at radius 3 is 2.42 bits per heavy atom. The first-order valence-electron chi connectivity index (χ1n) is 9.17. The topological polar surface area (TPSA) is 87.2 Å². The Kier molecular flexibility index (Phi) is 4.63. The molecular weight excluding hydrogens is 336 g/mol. The van der Waals surface area contributed by atoms with Crippen molar-refractivity contribution in [3.05, 3.63) is 12.2 Å². The van der Waals surface area contributed by atoms with Crippen LogP contribution in [0, 0.1) is 17.8 Å². The van der Waals surface area contributed by atoms with Crippen LogP contribution in [0.4, 0.5) is 4.79 Å². The van der Waals surface area contributed by atoms with Gasteiger partial charge in [-0.25, -0.2) is 14.4 Å². The van der Waals surface area contributed by atoms with Crippen LogP contribution in [0.15, 0.2) is 12.2 Å². The van der Waals surface area contributed by atoms with Crippen molar-refractivity contribution in [2.75, 3.05) is 13.1 Å². The number of hydrogen-bond donors (Lipinski definition) is 1. The van der Waals surface area contributed by atoms with Gasteiger partial charge in [0.15, 0.2) is 0 Å². The molecule has 2 bridgehead atoms. The quantitative estimate of drug-likeness (QED) is 0.467. The van der Waals surface area contributed by atoms with E-state index in [-0.39, 0.29) is 29.1 Å². The van der Waals surface area contributed by atoms with Gasteiger partial charge in [-0.05, 0) is 58.3 Å². The number of ether oxygens (including phenoxy) is 1. The van der Waals surface area contributed by atoms with Gasteiger partial charge in [0.2, 0.25) is 0 Å². The zero-order chi connectivity index (χ0) is 19.4. The van der Waals surface area contributed by atoms with E-state index in [1.807, 2.05) is 0 Å². The molecule has 3 fully saturated rings. The Hall–Kier alpha value is -1.89. The van der Waals surface area contributed by atoms with Gasteiger partial charge in [0.1, 0.15) is 6.54 Å². The molecule has 7 nitrogen and oxygen atoms in total. The van der Waals surface area contributed by atoms with Crippen LogP contribution in [-0.2, 0) is 14.3 Å². The van der Waals surface area contributed by atoms with Crippen molar-refractivity contribution in [3.63, 3.8) is 0 Å². The number of amides is 1. The minimum atomic E-state index is -1.14. The van der Waals surface area contributed by atoms with E-state index in [0.29, 0.717) is 11.8 Å². The fourth-order valence-electron chi connectivity index (χ4n) is 5.25. The summed E-state index contributed by atoms with van der Waals surface area (Å²) < 4.78 is 4.71. The number of hydrogen-bond acceptors (Lipinski definition) is 5. The predicted octanol–water partition coefficient (Wildman–Crippen LogP) is 2.12. The third-order valence-corrected chi connectivity index (χ3v) is 6.17. The maximum atomic E-state index is 12.1. The molecule has 5 atom stereocenters. The molecule has 7 heteroatoms. The number of carboxylic acid groups (broad SMARTS) is 1. The van der Waals surface area contributed by atoms with Crippen molar-refractivity contribution >= 4 is 18.0 Å². The number of carbonyl (C=O) groups is 3. The van der Waals surface area contributed by atoms with Crippen LogP contribution in [0.1, 0.15) is 40.5 Å². The average molecular weight is 364 g/mol. The van der Waals surface area contributed by atoms with E-state index in [4.69, 9.17) is 4.74 Å². The summed E-state index contributed by atoms with van der Waals surface area (Å²) in [5.41, 5.74) is 0.0492. The van der Waals surface area contributed by atoms with Crippen LogP contribution in [0.5, 0.6) is 0 Å². The monoisotopic (exact) mass is 364 g/mol. The first kappa shape index (κ1) is 18.9. The third kappa shape index (κ3) is 3.13. The lowest BCUT2D eigenvalue weighted by Gasteiger charge is -2.43. The summed E-state index contributed by atoms with van der Waals surface area (Å²) in [6, 6.07) is -0.109. The predicted molar refractivity (Wildman–Crippen MR) is 94.4 cm³/mol. The molecule has 0 aromatic heterocycles. The first-order chi connectivity index (χ1) is 12.0. The Morgan fingerprint density at radius 1 is 1.23 bits per heavy atom. The van der Waals surface area contributed by atoms with E-state index in [9.17, 15) is 19.5 Å². The molecule has 1 saturated heterocycles. The maximum absolute atomic E-state index is 12.1. The fourth-order valence-corrected chi connectivity index (χ4v) is 5.25. The molecule has 0 spiro atoms. The zero-order valence-corrected chi connectivity index (χ0v) is 15.9. The Balaban J connectivity index is 1.80. The number of fused-ring (bicyclic) bond motifs is 1. The molecule has 2 saturated carbocycles. The Bertz CT molecular complexity index is 651. The summed E-state index contributed by atoms with van der Waals surface area (Å²) in [6.07, 6.45) is 0.873. The standard InChI is InChI=1S/C19H28N2O5/c1-10(2)17(23)26-14(22)9-20(18(24)25)15-11-6-12-8-21(19(3,4)5)16(15)13(12)7-11/h11-13,15-16H,1,6-9H2,2-5H3,(H,24,25). The minimum absolute atomic E-state index is 0.0598. The number of esters is 2. The summed E-state index contributed by atoms with van der Waals surface area (Å²) in [5, 5.41) is 9.77. The van der Waals surface area contributed by atoms with Gasteiger partial charge in [0.05, 0.1) is 6.04 Å². The molecule has 1 amide bonds. The zero-order valence-electron chi connectivity index (χ0n) is 15.9. The van der Waals surface area contributed by atoms with E-state index in [1.165, 1.54) is 11.8 Å². The van der Waals surface area contributed by atoms with Gasteiger partial charge in [-0.2, -0.15) is 0 Å². The largest absolute Gasteiger partial charge is 0.465 e. The van der Waals surface area contributed by atoms with Crippen LogP contribution < -0.4 is 0 Å². The lowest BCUT2D eigenvalue weighted by Crippen LogP contribution is -2.57. The molecular formula is C19H28N2O5. The Labute approximate surface area is 154 Å². The van der Waals surface area contributed by atoms with E-state index in [2.05, 4.69) is 32.3 Å². The lowest BCUT2D eigenvalue weighted by molar-refractivity contribution is -0.158. The van der Waals surface area contributed by atoms with Gasteiger partial charge in [-0.1, -0.05) is 6.58 Å². The van der Waals surface area contributed by atoms with Crippen molar-refractivity contribution in [2.45, 2.75) is 58.2 Å². The lowest BCUT2D eigenvalue weighted by atomic mass is 9.85. The normalized spacial score (nSPS) is 32.5. The molecule has 26 heavy (non-hydrogen) atoms. The van der Waals surface area contributed by atoms with E-state index in [0.717, 1.165) is 19.4 Å². The second-order valence-electron chi connectivity index (χ2n) is 8.91. The van der Waals surface area contributed by atoms with Crippen molar-refractivity contribution < 1.29 is 24.2 Å². The molecule has 1 aliphatic heterocycles. The summed E-state index contributed by atoms with van der Waals surface area (Å²) >= 11 is 0. The van der Waals surface area contributed by atoms with Gasteiger partial charge in [-0.3, -0.25) is 9.80 Å². The van der Waals surface area contributed by atoms with Crippen LogP contribution >= 0.6 is 0 Å². The number of carbonyl (C=O) groups excluding carboxylic acids is 2. The third-order valence-electron chi connectivity index (χ3n) is 6.17. The Morgan fingerprint density at radius 2 is 1.88 bits per heavy atom. The van der Waals surface area contributed by atoms with E-state index in [1.54, 1.807) is 0 Å². The smallest absolute Gasteiger partial charge is 0.408 e. The molecule has 0 aromatic carbocycles. The highest BCUT2D eigenvalue weighted by Crippen LogP contribution is 2.57. The molecule has 1 heterocycles. The number of rotatable bonds is 4. The van der Waals surface area contributed by atoms with Crippen LogP contribution in [0.3, 0.4) is 0 Å². The van der Waals surface area contributed by atoms with Gasteiger partial charge in [0, 0.05) is 23.7 Å². The van der Waals surface area contributed by atoms with Gasteiger partial charge < -0.3 is 9.84 Å². The van der Waals surface area contributed by atoms with Crippen LogP contribution in [0.25, 0.3) is 0 Å². The molecule has 0 radical (unpaired) electrons. The number of nitrogens with zero attached hydrogens (tertiary/aromatic N) is 2. The second kappa shape index (κ2) is 6.37. The maximum Gasteiger partial charge on any atom is 0.408 e. The van der Waals surface area contributed by atoms with Crippen molar-refractivity contribution in [3.8, 4) is 0 Å². The molecule has 144 valence electrons. The summed E-state index contributed by atoms with van der Waals surface area (Å²) in [4.78, 5) is 39.2.